The largest absolute Gasteiger partial charge is 0.359 e. The number of Topliss-reactive ketones (excluding diaryl/α,β-unsaturated/α-hetero) is 1. The molecule has 0 saturated carbocycles. The second kappa shape index (κ2) is 6.27. The highest BCUT2D eigenvalue weighted by Crippen LogP contribution is 2.43. The number of piperidine rings is 1. The van der Waals surface area contributed by atoms with E-state index >= 15 is 0 Å². The maximum atomic E-state index is 13.0. The Labute approximate surface area is 170 Å². The zero-order valence-corrected chi connectivity index (χ0v) is 17.1. The average Bonchev–Trinajstić information content (AvgIpc) is 3.24. The number of nitrogens with one attached hydrogen (secondary N) is 1. The summed E-state index contributed by atoms with van der Waals surface area (Å²) in [6, 6.07) is 1.85. The van der Waals surface area contributed by atoms with Crippen molar-refractivity contribution in [3.8, 4) is 0 Å². The highest BCUT2D eigenvalue weighted by Gasteiger charge is 2.43. The van der Waals surface area contributed by atoms with Crippen molar-refractivity contribution in [2.45, 2.75) is 25.7 Å². The van der Waals surface area contributed by atoms with Gasteiger partial charge in [-0.3, -0.25) is 19.3 Å². The number of likely N-dealkylation sites (tertiary alicyclic amines) is 1. The summed E-state index contributed by atoms with van der Waals surface area (Å²) in [4.78, 5) is 34.9. The molecule has 28 heavy (non-hydrogen) atoms. The molecule has 1 saturated heterocycles. The fourth-order valence-corrected chi connectivity index (χ4v) is 5.03. The van der Waals surface area contributed by atoms with Crippen molar-refractivity contribution in [3.05, 3.63) is 46.0 Å². The first-order chi connectivity index (χ1) is 13.4. The molecule has 0 atom stereocenters. The average molecular weight is 442 g/mol. The van der Waals surface area contributed by atoms with Crippen LogP contribution < -0.4 is 0 Å². The van der Waals surface area contributed by atoms with Gasteiger partial charge in [0.1, 0.15) is 11.2 Å². The van der Waals surface area contributed by atoms with Gasteiger partial charge in [-0.2, -0.15) is 5.10 Å². The first-order valence-electron chi connectivity index (χ1n) is 9.42. The molecule has 8 heteroatoms. The van der Waals surface area contributed by atoms with Gasteiger partial charge < -0.3 is 9.88 Å². The Morgan fingerprint density at radius 3 is 2.86 bits per heavy atom. The molecular formula is C20H20BrN5O2. The van der Waals surface area contributed by atoms with Gasteiger partial charge in [0.15, 0.2) is 5.78 Å². The summed E-state index contributed by atoms with van der Waals surface area (Å²) >= 11 is 3.44. The number of H-pyrrole nitrogens is 1. The summed E-state index contributed by atoms with van der Waals surface area (Å²) < 4.78 is 2.61. The van der Waals surface area contributed by atoms with Crippen LogP contribution in [0.1, 0.15) is 45.7 Å². The van der Waals surface area contributed by atoms with E-state index in [1.54, 1.807) is 10.9 Å². The van der Waals surface area contributed by atoms with E-state index in [4.69, 9.17) is 0 Å². The summed E-state index contributed by atoms with van der Waals surface area (Å²) in [7, 11) is 1.85. The first kappa shape index (κ1) is 17.6. The lowest BCUT2D eigenvalue weighted by molar-refractivity contribution is 0.0519. The standard InChI is InChI=1S/C20H20BrN5O2/c1-25-11-13-7-20(8-16(27)17(13)24-25)2-4-26(5-3-20)19(28)12-6-15-18(23-9-12)14(21)10-22-15/h6,9-11,22H,2-5,7-8H2,1H3. The van der Waals surface area contributed by atoms with Gasteiger partial charge in [0.05, 0.1) is 15.6 Å². The number of aromatic amines is 1. The van der Waals surface area contributed by atoms with Crippen LogP contribution in [-0.2, 0) is 13.5 Å². The molecule has 1 spiro atoms. The molecule has 1 amide bonds. The second-order valence-corrected chi connectivity index (χ2v) is 8.86. The van der Waals surface area contributed by atoms with Crippen molar-refractivity contribution >= 4 is 38.7 Å². The summed E-state index contributed by atoms with van der Waals surface area (Å²) in [6.45, 7) is 1.32. The molecule has 144 valence electrons. The molecule has 5 rings (SSSR count). The Morgan fingerprint density at radius 2 is 2.07 bits per heavy atom. The number of carbonyl (C=O) groups is 2. The van der Waals surface area contributed by atoms with Crippen molar-refractivity contribution in [2.24, 2.45) is 12.5 Å². The van der Waals surface area contributed by atoms with Crippen LogP contribution in [0, 0.1) is 5.41 Å². The molecule has 3 aromatic heterocycles. The van der Waals surface area contributed by atoms with Crippen molar-refractivity contribution in [3.63, 3.8) is 0 Å². The molecule has 4 heterocycles. The quantitative estimate of drug-likeness (QED) is 0.628. The lowest BCUT2D eigenvalue weighted by Gasteiger charge is -2.43. The molecule has 7 nitrogen and oxygen atoms in total. The van der Waals surface area contributed by atoms with Gasteiger partial charge in [-0.25, -0.2) is 0 Å². The van der Waals surface area contributed by atoms with Gasteiger partial charge >= 0.3 is 0 Å². The third-order valence-electron chi connectivity index (χ3n) is 6.10. The summed E-state index contributed by atoms with van der Waals surface area (Å²) in [6.07, 6.45) is 8.49. The summed E-state index contributed by atoms with van der Waals surface area (Å²) in [5, 5.41) is 4.31. The van der Waals surface area contributed by atoms with E-state index in [0.29, 0.717) is 30.8 Å². The number of aromatic nitrogens is 4. The van der Waals surface area contributed by atoms with Crippen LogP contribution in [0.25, 0.3) is 11.0 Å². The van der Waals surface area contributed by atoms with Crippen molar-refractivity contribution in [2.75, 3.05) is 13.1 Å². The Kier molecular flexibility index (Phi) is 3.94. The Hall–Kier alpha value is -2.48. The number of rotatable bonds is 1. The van der Waals surface area contributed by atoms with Crippen molar-refractivity contribution in [1.82, 2.24) is 24.6 Å². The summed E-state index contributed by atoms with van der Waals surface area (Å²) in [5.74, 6) is 0.132. The van der Waals surface area contributed by atoms with Crippen molar-refractivity contribution in [1.29, 1.82) is 0 Å². The first-order valence-corrected chi connectivity index (χ1v) is 10.2. The molecule has 0 bridgehead atoms. The molecule has 3 aromatic rings. The monoisotopic (exact) mass is 441 g/mol. The Balaban J connectivity index is 1.32. The third kappa shape index (κ3) is 2.78. The van der Waals surface area contributed by atoms with Gasteiger partial charge in [-0.15, -0.1) is 0 Å². The van der Waals surface area contributed by atoms with E-state index in [1.165, 1.54) is 0 Å². The van der Waals surface area contributed by atoms with E-state index in [-0.39, 0.29) is 17.1 Å². The van der Waals surface area contributed by atoms with Crippen LogP contribution in [0.15, 0.2) is 29.1 Å². The Morgan fingerprint density at radius 1 is 1.29 bits per heavy atom. The number of fused-ring (bicyclic) bond motifs is 2. The fraction of sp³-hybridized carbons (Fsp3) is 0.400. The van der Waals surface area contributed by atoms with Crippen LogP contribution in [0.5, 0.6) is 0 Å². The molecule has 1 fully saturated rings. The van der Waals surface area contributed by atoms with Gasteiger partial charge in [0.2, 0.25) is 0 Å². The molecule has 1 N–H and O–H groups in total. The number of ketones is 1. The van der Waals surface area contributed by atoms with Crippen LogP contribution in [0.3, 0.4) is 0 Å². The predicted molar refractivity (Wildman–Crippen MR) is 107 cm³/mol. The molecule has 1 aliphatic carbocycles. The summed E-state index contributed by atoms with van der Waals surface area (Å²) in [5.41, 5.74) is 3.88. The maximum absolute atomic E-state index is 13.0. The van der Waals surface area contributed by atoms with Gasteiger partial charge in [0, 0.05) is 50.7 Å². The molecular weight excluding hydrogens is 422 g/mol. The van der Waals surface area contributed by atoms with Crippen LogP contribution in [-0.4, -0.2) is 49.4 Å². The number of halogens is 1. The topological polar surface area (TPSA) is 83.9 Å². The normalized spacial score (nSPS) is 18.6. The van der Waals surface area contributed by atoms with Gasteiger partial charge in [0.25, 0.3) is 5.91 Å². The Bertz CT molecular complexity index is 1110. The zero-order valence-electron chi connectivity index (χ0n) is 15.5. The van der Waals surface area contributed by atoms with E-state index in [0.717, 1.165) is 40.3 Å². The lowest BCUT2D eigenvalue weighted by atomic mass is 9.67. The minimum Gasteiger partial charge on any atom is -0.359 e. The number of hydrogen-bond acceptors (Lipinski definition) is 4. The van der Waals surface area contributed by atoms with E-state index in [1.807, 2.05) is 30.4 Å². The highest BCUT2D eigenvalue weighted by molar-refractivity contribution is 9.10. The molecule has 2 aliphatic rings. The molecule has 0 aromatic carbocycles. The molecule has 1 aliphatic heterocycles. The van der Waals surface area contributed by atoms with E-state index in [2.05, 4.69) is 31.0 Å². The van der Waals surface area contributed by atoms with Gasteiger partial charge in [-0.1, -0.05) is 0 Å². The van der Waals surface area contributed by atoms with Crippen LogP contribution in [0.4, 0.5) is 0 Å². The lowest BCUT2D eigenvalue weighted by Crippen LogP contribution is -2.46. The maximum Gasteiger partial charge on any atom is 0.255 e. The minimum atomic E-state index is -0.0452. The SMILES string of the molecule is Cn1cc2c(n1)C(=O)CC1(CCN(C(=O)c3cnc4c(Br)c[nH]c4c3)CC1)C2. The zero-order chi connectivity index (χ0) is 19.5. The molecule has 0 radical (unpaired) electrons. The number of carbonyl (C=O) groups excluding carboxylic acids is 2. The third-order valence-corrected chi connectivity index (χ3v) is 6.70. The highest BCUT2D eigenvalue weighted by atomic mass is 79.9. The minimum absolute atomic E-state index is 0.000764. The van der Waals surface area contributed by atoms with Crippen LogP contribution >= 0.6 is 15.9 Å². The number of aryl methyl sites for hydroxylation is 1. The van der Waals surface area contributed by atoms with E-state index in [9.17, 15) is 9.59 Å². The molecule has 0 unspecified atom stereocenters. The predicted octanol–water partition coefficient (Wildman–Crippen LogP) is 3.11. The number of hydrogen-bond donors (Lipinski definition) is 1. The number of nitrogens with zero attached hydrogens (tertiary/aromatic N) is 4. The number of amides is 1. The van der Waals surface area contributed by atoms with E-state index < -0.39 is 0 Å². The second-order valence-electron chi connectivity index (χ2n) is 8.00. The van der Waals surface area contributed by atoms with Crippen molar-refractivity contribution < 1.29 is 9.59 Å². The smallest absolute Gasteiger partial charge is 0.255 e. The van der Waals surface area contributed by atoms with Crippen LogP contribution in [0.2, 0.25) is 0 Å². The van der Waals surface area contributed by atoms with Gasteiger partial charge in [-0.05, 0) is 46.7 Å². The number of pyridine rings is 1. The fourth-order valence-electron chi connectivity index (χ4n) is 4.60.